The van der Waals surface area contributed by atoms with Crippen molar-refractivity contribution in [2.45, 2.75) is 25.7 Å². The molecule has 57 heavy (non-hydrogen) atoms. The van der Waals surface area contributed by atoms with Crippen LogP contribution < -0.4 is 9.64 Å². The van der Waals surface area contributed by atoms with Crippen molar-refractivity contribution in [3.05, 3.63) is 177 Å². The van der Waals surface area contributed by atoms with Crippen LogP contribution in [0.3, 0.4) is 0 Å². The highest BCUT2D eigenvalue weighted by Crippen LogP contribution is 2.42. The zero-order valence-electron chi connectivity index (χ0n) is 31.2. The Balaban J connectivity index is 0.901. The van der Waals surface area contributed by atoms with Gasteiger partial charge in [-0.3, -0.25) is 0 Å². The molecule has 4 heterocycles. The zero-order chi connectivity index (χ0) is 38.3. The Kier molecular flexibility index (Phi) is 9.50. The Morgan fingerprint density at radius 2 is 1.09 bits per heavy atom. The molecule has 9 aromatic rings. The normalized spacial score (nSPS) is 12.2. The van der Waals surface area contributed by atoms with Crippen LogP contribution in [0.1, 0.15) is 38.3 Å². The third-order valence-electron chi connectivity index (χ3n) is 10.7. The first-order chi connectivity index (χ1) is 28.1. The topological polar surface area (TPSA) is 12.5 Å². The van der Waals surface area contributed by atoms with Gasteiger partial charge in [0.25, 0.3) is 0 Å². The zero-order valence-corrected chi connectivity index (χ0v) is 34.4. The Hall–Kier alpha value is -5.86. The van der Waals surface area contributed by atoms with Crippen molar-refractivity contribution in [1.82, 2.24) is 0 Å². The second-order valence-electron chi connectivity index (χ2n) is 14.2. The van der Waals surface area contributed by atoms with Gasteiger partial charge in [-0.2, -0.15) is 0 Å². The fourth-order valence-corrected chi connectivity index (χ4v) is 12.0. The summed E-state index contributed by atoms with van der Waals surface area (Å²) in [7, 11) is 1.70. The minimum Gasteiger partial charge on any atom is -0.497 e. The van der Waals surface area contributed by atoms with Gasteiger partial charge in [-0.25, -0.2) is 0 Å². The summed E-state index contributed by atoms with van der Waals surface area (Å²) in [6, 6.07) is 48.7. The Morgan fingerprint density at radius 3 is 1.68 bits per heavy atom. The minimum atomic E-state index is 0.838. The summed E-state index contributed by atoms with van der Waals surface area (Å²) in [6.07, 6.45) is 9.66. The molecule has 0 atom stereocenters. The fourth-order valence-electron chi connectivity index (χ4n) is 7.61. The highest BCUT2D eigenvalue weighted by Gasteiger charge is 2.16. The van der Waals surface area contributed by atoms with E-state index in [1.54, 1.807) is 29.8 Å². The van der Waals surface area contributed by atoms with Crippen LogP contribution in [0.25, 0.3) is 39.7 Å². The third-order valence-corrected chi connectivity index (χ3v) is 15.1. The molecule has 4 aromatic heterocycles. The van der Waals surface area contributed by atoms with Gasteiger partial charge in [0.05, 0.1) is 12.0 Å². The van der Waals surface area contributed by atoms with E-state index >= 15 is 0 Å². The average molecular weight is 806 g/mol. The largest absolute Gasteiger partial charge is 0.497 e. The molecule has 0 unspecified atom stereocenters. The Labute approximate surface area is 349 Å². The van der Waals surface area contributed by atoms with Gasteiger partial charge in [-0.15, -0.1) is 51.8 Å². The van der Waals surface area contributed by atoms with Crippen LogP contribution in [0.4, 0.5) is 17.1 Å². The average Bonchev–Trinajstić information content (AvgIpc) is 4.04. The van der Waals surface area contributed by atoms with Gasteiger partial charge in [0.15, 0.2) is 0 Å². The number of rotatable bonds is 6. The van der Waals surface area contributed by atoms with Crippen molar-refractivity contribution in [2.75, 3.05) is 12.0 Å². The number of benzene rings is 5. The van der Waals surface area contributed by atoms with Gasteiger partial charge >= 0.3 is 0 Å². The highest BCUT2D eigenvalue weighted by atomic mass is 32.1. The minimum absolute atomic E-state index is 0.838. The first kappa shape index (κ1) is 35.5. The number of terminal acetylenes is 1. The van der Waals surface area contributed by atoms with E-state index in [0.29, 0.717) is 0 Å². The van der Waals surface area contributed by atoms with E-state index in [1.807, 2.05) is 34.8 Å². The molecule has 0 spiro atoms. The standard InChI is InChI=1S/C51H35NOS4/c1-3-35-28-33-4-5-34-7-9-37(11-10-36(35)8-6-33)40(29-34)16-25-45-30-50-51(55-45)32-48(57-50)39-14-19-42(20-15-39)52(43-21-23-44(53-2)24-22-43)41-17-12-38(13-18-41)47-31-49-46(56-47)26-27-54-49/h1,6-9,12-15,17-24,26-32H,4-5,10-11H2,2H3. The molecule has 6 heteroatoms. The SMILES string of the molecule is C#Cc1cc2ccc1CCc1ccc(cc1C#Cc1cc3sc(-c4ccc(N(c5ccc(OC)cc5)c5ccc(-c6cc7sccc7s6)cc5)cc4)cc3s1)CC2. The lowest BCUT2D eigenvalue weighted by Crippen LogP contribution is -2.09. The summed E-state index contributed by atoms with van der Waals surface area (Å²) in [4.78, 5) is 5.96. The number of aryl methyl sites for hydroxylation is 4. The molecule has 4 aliphatic carbocycles. The van der Waals surface area contributed by atoms with E-state index in [-0.39, 0.29) is 0 Å². The van der Waals surface area contributed by atoms with Crippen LogP contribution in [0.5, 0.6) is 5.75 Å². The quantitative estimate of drug-likeness (QED) is 0.155. The second kappa shape index (κ2) is 15.2. The van der Waals surface area contributed by atoms with Crippen molar-refractivity contribution in [3.8, 4) is 50.8 Å². The van der Waals surface area contributed by atoms with Crippen molar-refractivity contribution < 1.29 is 4.74 Å². The molecule has 5 aromatic carbocycles. The number of ether oxygens (including phenoxy) is 1. The first-order valence-corrected chi connectivity index (χ1v) is 22.3. The van der Waals surface area contributed by atoms with Gasteiger partial charge < -0.3 is 9.64 Å². The van der Waals surface area contributed by atoms with Gasteiger partial charge in [-0.05, 0) is 149 Å². The van der Waals surface area contributed by atoms with Crippen molar-refractivity contribution in [2.24, 2.45) is 0 Å². The monoisotopic (exact) mass is 805 g/mol. The summed E-state index contributed by atoms with van der Waals surface area (Å²) in [5.41, 5.74) is 13.0. The maximum Gasteiger partial charge on any atom is 0.119 e. The van der Waals surface area contributed by atoms with Gasteiger partial charge in [-0.1, -0.05) is 66.3 Å². The summed E-state index contributed by atoms with van der Waals surface area (Å²) in [5, 5.41) is 2.16. The molecule has 0 radical (unpaired) electrons. The van der Waals surface area contributed by atoms with Crippen molar-refractivity contribution >= 4 is 81.2 Å². The van der Waals surface area contributed by atoms with E-state index < -0.39 is 0 Å². The molecule has 2 nitrogen and oxygen atoms in total. The summed E-state index contributed by atoms with van der Waals surface area (Å²) >= 11 is 7.26. The van der Waals surface area contributed by atoms with Crippen LogP contribution in [-0.4, -0.2) is 7.11 Å². The summed E-state index contributed by atoms with van der Waals surface area (Å²) in [5.74, 6) is 10.9. The molecule has 4 aliphatic rings. The van der Waals surface area contributed by atoms with Crippen LogP contribution in [-0.2, 0) is 25.7 Å². The fraction of sp³-hybridized carbons (Fsp3) is 0.0980. The first-order valence-electron chi connectivity index (χ1n) is 18.9. The Bertz CT molecular complexity index is 2950. The molecule has 13 rings (SSSR count). The second-order valence-corrected chi connectivity index (χ2v) is 18.4. The lowest BCUT2D eigenvalue weighted by Gasteiger charge is -2.26. The Morgan fingerprint density at radius 1 is 0.526 bits per heavy atom. The number of nitrogens with zero attached hydrogens (tertiary/aromatic N) is 1. The molecule has 0 fully saturated rings. The number of anilines is 3. The molecular formula is C51H35NOS4. The molecule has 0 saturated heterocycles. The van der Waals surface area contributed by atoms with Crippen molar-refractivity contribution in [1.29, 1.82) is 0 Å². The van der Waals surface area contributed by atoms with E-state index in [4.69, 9.17) is 11.2 Å². The van der Waals surface area contributed by atoms with Gasteiger partial charge in [0.2, 0.25) is 0 Å². The number of thiophene rings is 4. The molecule has 0 amide bonds. The lowest BCUT2D eigenvalue weighted by atomic mass is 9.91. The summed E-state index contributed by atoms with van der Waals surface area (Å²) in [6.45, 7) is 0. The smallest absolute Gasteiger partial charge is 0.119 e. The van der Waals surface area contributed by atoms with Crippen LogP contribution >= 0.6 is 45.3 Å². The maximum absolute atomic E-state index is 5.89. The molecule has 0 aliphatic heterocycles. The molecule has 0 N–H and O–H groups in total. The number of fused-ring (bicyclic) bond motifs is 2. The van der Waals surface area contributed by atoms with E-state index in [0.717, 1.165) is 64.5 Å². The predicted octanol–water partition coefficient (Wildman–Crippen LogP) is 14.3. The number of hydrogen-bond acceptors (Lipinski definition) is 6. The van der Waals surface area contributed by atoms with Crippen LogP contribution in [0.15, 0.2) is 139 Å². The van der Waals surface area contributed by atoms with Gasteiger partial charge in [0, 0.05) is 56.7 Å². The third kappa shape index (κ3) is 7.19. The van der Waals surface area contributed by atoms with Gasteiger partial charge in [0.1, 0.15) is 5.75 Å². The molecule has 274 valence electrons. The molecular weight excluding hydrogens is 771 g/mol. The number of methoxy groups -OCH3 is 1. The van der Waals surface area contributed by atoms with Crippen LogP contribution in [0.2, 0.25) is 0 Å². The number of hydrogen-bond donors (Lipinski definition) is 0. The van der Waals surface area contributed by atoms with E-state index in [1.165, 1.54) is 61.9 Å². The lowest BCUT2D eigenvalue weighted by molar-refractivity contribution is 0.415. The van der Waals surface area contributed by atoms with Crippen molar-refractivity contribution in [3.63, 3.8) is 0 Å². The summed E-state index contributed by atoms with van der Waals surface area (Å²) < 4.78 is 10.7. The van der Waals surface area contributed by atoms with E-state index in [2.05, 4.69) is 149 Å². The maximum atomic E-state index is 5.89. The molecule has 4 bridgehead atoms. The predicted molar refractivity (Wildman–Crippen MR) is 247 cm³/mol. The molecule has 0 saturated carbocycles. The highest BCUT2D eigenvalue weighted by molar-refractivity contribution is 7.30. The van der Waals surface area contributed by atoms with Crippen LogP contribution in [0, 0.1) is 24.2 Å². The van der Waals surface area contributed by atoms with E-state index in [9.17, 15) is 0 Å².